The van der Waals surface area contributed by atoms with Gasteiger partial charge >= 0.3 is 6.09 Å². The zero-order valence-electron chi connectivity index (χ0n) is 15.6. The number of amides is 2. The normalized spacial score (nSPS) is 17.2. The van der Waals surface area contributed by atoms with E-state index in [-0.39, 0.29) is 30.7 Å². The molecule has 1 aliphatic heterocycles. The van der Waals surface area contributed by atoms with Crippen LogP contribution in [-0.4, -0.2) is 39.8 Å². The highest BCUT2D eigenvalue weighted by molar-refractivity contribution is 5.94. The number of hydrogen-bond donors (Lipinski definition) is 1. The van der Waals surface area contributed by atoms with E-state index >= 15 is 0 Å². The SMILES string of the molecule is O=C(CC(c1ccc(O)cc1)c1ccon1)N1C(=O)OCC1Cc1ccccc1. The van der Waals surface area contributed by atoms with Crippen molar-refractivity contribution in [1.29, 1.82) is 0 Å². The summed E-state index contributed by atoms with van der Waals surface area (Å²) in [5.41, 5.74) is 2.40. The van der Waals surface area contributed by atoms with Gasteiger partial charge in [-0.3, -0.25) is 4.79 Å². The van der Waals surface area contributed by atoms with Crippen LogP contribution in [0.25, 0.3) is 0 Å². The lowest BCUT2D eigenvalue weighted by Crippen LogP contribution is -2.40. The van der Waals surface area contributed by atoms with E-state index in [9.17, 15) is 14.7 Å². The molecular weight excluding hydrogens is 372 g/mol. The summed E-state index contributed by atoms with van der Waals surface area (Å²) in [5, 5.41) is 13.5. The molecule has 29 heavy (non-hydrogen) atoms. The summed E-state index contributed by atoms with van der Waals surface area (Å²) < 4.78 is 10.1. The van der Waals surface area contributed by atoms with Crippen molar-refractivity contribution in [1.82, 2.24) is 10.1 Å². The molecule has 1 aliphatic rings. The number of imide groups is 1. The molecule has 0 saturated carbocycles. The van der Waals surface area contributed by atoms with Gasteiger partial charge in [0.1, 0.15) is 18.6 Å². The number of phenolic OH excluding ortho intramolecular Hbond substituents is 1. The largest absolute Gasteiger partial charge is 0.508 e. The first-order chi connectivity index (χ1) is 14.1. The third kappa shape index (κ3) is 4.13. The van der Waals surface area contributed by atoms with Crippen molar-refractivity contribution in [3.8, 4) is 5.75 Å². The molecule has 2 heterocycles. The Morgan fingerprint density at radius 1 is 1.14 bits per heavy atom. The van der Waals surface area contributed by atoms with E-state index in [2.05, 4.69) is 5.16 Å². The second-order valence-electron chi connectivity index (χ2n) is 6.96. The Morgan fingerprint density at radius 2 is 1.90 bits per heavy atom. The van der Waals surface area contributed by atoms with Crippen LogP contribution in [0.3, 0.4) is 0 Å². The number of benzene rings is 2. The lowest BCUT2D eigenvalue weighted by Gasteiger charge is -2.22. The first-order valence-electron chi connectivity index (χ1n) is 9.34. The summed E-state index contributed by atoms with van der Waals surface area (Å²) in [4.78, 5) is 26.6. The van der Waals surface area contributed by atoms with Gasteiger partial charge in [0.15, 0.2) is 0 Å². The summed E-state index contributed by atoms with van der Waals surface area (Å²) >= 11 is 0. The minimum atomic E-state index is -0.624. The maximum atomic E-state index is 13.1. The lowest BCUT2D eigenvalue weighted by atomic mass is 9.91. The van der Waals surface area contributed by atoms with Crippen molar-refractivity contribution in [3.05, 3.63) is 83.7 Å². The van der Waals surface area contributed by atoms with Crippen molar-refractivity contribution in [2.45, 2.75) is 24.8 Å². The maximum absolute atomic E-state index is 13.1. The molecule has 2 unspecified atom stereocenters. The fourth-order valence-electron chi connectivity index (χ4n) is 3.58. The lowest BCUT2D eigenvalue weighted by molar-refractivity contribution is -0.129. The van der Waals surface area contributed by atoms with Crippen LogP contribution in [0, 0.1) is 0 Å². The van der Waals surface area contributed by atoms with Gasteiger partial charge in [-0.25, -0.2) is 9.69 Å². The molecule has 3 aromatic rings. The molecule has 0 radical (unpaired) electrons. The number of cyclic esters (lactones) is 1. The highest BCUT2D eigenvalue weighted by atomic mass is 16.6. The van der Waals surface area contributed by atoms with Gasteiger partial charge in [-0.2, -0.15) is 0 Å². The molecule has 7 heteroatoms. The van der Waals surface area contributed by atoms with Crippen LogP contribution in [0.2, 0.25) is 0 Å². The zero-order valence-corrected chi connectivity index (χ0v) is 15.6. The second kappa shape index (κ2) is 8.18. The summed E-state index contributed by atoms with van der Waals surface area (Å²) in [5.74, 6) is -0.618. The molecule has 0 spiro atoms. The third-order valence-electron chi connectivity index (χ3n) is 5.03. The number of aromatic nitrogens is 1. The van der Waals surface area contributed by atoms with Gasteiger partial charge in [0.05, 0.1) is 11.7 Å². The number of rotatable bonds is 6. The Balaban J connectivity index is 1.56. The van der Waals surface area contributed by atoms with Gasteiger partial charge in [-0.05, 0) is 29.7 Å². The summed E-state index contributed by atoms with van der Waals surface area (Å²) in [6, 6.07) is 17.6. The van der Waals surface area contributed by atoms with Crippen molar-refractivity contribution < 1.29 is 24.0 Å². The van der Waals surface area contributed by atoms with Gasteiger partial charge in [0.25, 0.3) is 0 Å². The van der Waals surface area contributed by atoms with Crippen LogP contribution in [0.5, 0.6) is 5.75 Å². The van der Waals surface area contributed by atoms with Gasteiger partial charge in [-0.1, -0.05) is 47.6 Å². The smallest absolute Gasteiger partial charge is 0.416 e. The fourth-order valence-corrected chi connectivity index (χ4v) is 3.58. The van der Waals surface area contributed by atoms with E-state index in [1.54, 1.807) is 30.3 Å². The van der Waals surface area contributed by atoms with Crippen LogP contribution in [0.4, 0.5) is 4.79 Å². The molecule has 1 N–H and O–H groups in total. The fraction of sp³-hybridized carbons (Fsp3) is 0.227. The topological polar surface area (TPSA) is 92.9 Å². The van der Waals surface area contributed by atoms with Crippen molar-refractivity contribution in [2.24, 2.45) is 0 Å². The second-order valence-corrected chi connectivity index (χ2v) is 6.96. The molecular formula is C22H20N2O5. The molecule has 1 aromatic heterocycles. The average molecular weight is 392 g/mol. The van der Waals surface area contributed by atoms with Gasteiger partial charge in [-0.15, -0.1) is 0 Å². The van der Waals surface area contributed by atoms with Crippen LogP contribution in [0.15, 0.2) is 71.4 Å². The summed E-state index contributed by atoms with van der Waals surface area (Å²) in [6.07, 6.45) is 1.37. The quantitative estimate of drug-likeness (QED) is 0.690. The number of ether oxygens (including phenoxy) is 1. The molecule has 2 aromatic carbocycles. The summed E-state index contributed by atoms with van der Waals surface area (Å²) in [7, 11) is 0. The molecule has 7 nitrogen and oxygen atoms in total. The molecule has 0 bridgehead atoms. The Labute approximate surface area is 167 Å². The number of carbonyl (C=O) groups is 2. The zero-order chi connectivity index (χ0) is 20.2. The molecule has 1 fully saturated rings. The van der Waals surface area contributed by atoms with E-state index in [0.717, 1.165) is 11.1 Å². The van der Waals surface area contributed by atoms with Crippen LogP contribution in [-0.2, 0) is 16.0 Å². The Hall–Kier alpha value is -3.61. The third-order valence-corrected chi connectivity index (χ3v) is 5.03. The van der Waals surface area contributed by atoms with E-state index in [1.165, 1.54) is 11.2 Å². The molecule has 2 amide bonds. The molecule has 4 rings (SSSR count). The van der Waals surface area contributed by atoms with Crippen molar-refractivity contribution in [2.75, 3.05) is 6.61 Å². The predicted octanol–water partition coefficient (Wildman–Crippen LogP) is 3.49. The maximum Gasteiger partial charge on any atom is 0.416 e. The van der Waals surface area contributed by atoms with E-state index in [4.69, 9.17) is 9.26 Å². The first kappa shape index (κ1) is 18.7. The molecule has 2 atom stereocenters. The first-order valence-corrected chi connectivity index (χ1v) is 9.34. The Morgan fingerprint density at radius 3 is 2.59 bits per heavy atom. The number of hydrogen-bond acceptors (Lipinski definition) is 6. The van der Waals surface area contributed by atoms with Gasteiger partial charge in [0.2, 0.25) is 5.91 Å². The highest BCUT2D eigenvalue weighted by Gasteiger charge is 2.39. The van der Waals surface area contributed by atoms with Gasteiger partial charge < -0.3 is 14.4 Å². The van der Waals surface area contributed by atoms with Gasteiger partial charge in [0, 0.05) is 18.4 Å². The monoisotopic (exact) mass is 392 g/mol. The summed E-state index contributed by atoms with van der Waals surface area (Å²) in [6.45, 7) is 0.174. The van der Waals surface area contributed by atoms with Crippen LogP contribution in [0.1, 0.15) is 29.2 Å². The predicted molar refractivity (Wildman–Crippen MR) is 103 cm³/mol. The number of carbonyl (C=O) groups excluding carboxylic acids is 2. The Kier molecular flexibility index (Phi) is 5.29. The van der Waals surface area contributed by atoms with Crippen LogP contribution < -0.4 is 0 Å². The highest BCUT2D eigenvalue weighted by Crippen LogP contribution is 2.30. The van der Waals surface area contributed by atoms with Crippen molar-refractivity contribution in [3.63, 3.8) is 0 Å². The minimum absolute atomic E-state index is 0.0255. The Bertz CT molecular complexity index is 970. The van der Waals surface area contributed by atoms with Crippen LogP contribution >= 0.6 is 0 Å². The van der Waals surface area contributed by atoms with E-state index in [1.807, 2.05) is 30.3 Å². The number of phenols is 1. The average Bonchev–Trinajstić information content (AvgIpc) is 3.38. The van der Waals surface area contributed by atoms with E-state index in [0.29, 0.717) is 12.1 Å². The number of nitrogens with zero attached hydrogens (tertiary/aromatic N) is 2. The standard InChI is InChI=1S/C22H20N2O5/c25-18-8-6-16(7-9-18)19(20-10-11-29-23-20)13-21(26)24-17(14-28-22(24)27)12-15-4-2-1-3-5-15/h1-11,17,19,25H,12-14H2. The molecule has 148 valence electrons. The molecule has 0 aliphatic carbocycles. The number of aromatic hydroxyl groups is 1. The minimum Gasteiger partial charge on any atom is -0.508 e. The van der Waals surface area contributed by atoms with Crippen molar-refractivity contribution >= 4 is 12.0 Å². The van der Waals surface area contributed by atoms with E-state index < -0.39 is 12.0 Å². The molecule has 1 saturated heterocycles.